The molecule has 1 aromatic rings. The van der Waals surface area contributed by atoms with E-state index in [4.69, 9.17) is 17.0 Å². The van der Waals surface area contributed by atoms with Crippen LogP contribution in [-0.4, -0.2) is 25.1 Å². The van der Waals surface area contributed by atoms with E-state index in [9.17, 15) is 0 Å². The van der Waals surface area contributed by atoms with Crippen molar-refractivity contribution in [3.05, 3.63) is 53.6 Å². The average molecular weight is 324 g/mol. The van der Waals surface area contributed by atoms with Gasteiger partial charge in [-0.05, 0) is 49.2 Å². The molecule has 1 aliphatic carbocycles. The maximum Gasteiger partial charge on any atom is 0.119 e. The molecule has 4 heteroatoms. The summed E-state index contributed by atoms with van der Waals surface area (Å²) in [7, 11) is 1.70. The molecule has 0 saturated carbocycles. The van der Waals surface area contributed by atoms with Gasteiger partial charge in [0, 0.05) is 11.3 Å². The number of benzene rings is 1. The van der Waals surface area contributed by atoms with Crippen LogP contribution in [0.1, 0.15) is 18.4 Å². The van der Waals surface area contributed by atoms with Gasteiger partial charge in [0.05, 0.1) is 7.11 Å². The van der Waals surface area contributed by atoms with Crippen molar-refractivity contribution in [2.24, 2.45) is 0 Å². The highest BCUT2D eigenvalue weighted by Crippen LogP contribution is 2.14. The molecular weight excluding hydrogens is 302 g/mol. The minimum absolute atomic E-state index is 0. The fourth-order valence-electron chi connectivity index (χ4n) is 2.21. The van der Waals surface area contributed by atoms with E-state index in [1.54, 1.807) is 7.11 Å². The summed E-state index contributed by atoms with van der Waals surface area (Å²) in [5.41, 5.74) is 2.60. The maximum absolute atomic E-state index is 5.35. The summed E-state index contributed by atoms with van der Waals surface area (Å²) in [6.07, 6.45) is 9.30. The predicted molar refractivity (Wildman–Crippen MR) is 95.9 cm³/mol. The summed E-state index contributed by atoms with van der Waals surface area (Å²) in [6, 6.07) is 8.23. The van der Waals surface area contributed by atoms with Gasteiger partial charge < -0.3 is 10.1 Å². The van der Waals surface area contributed by atoms with E-state index in [2.05, 4.69) is 35.7 Å². The highest BCUT2D eigenvalue weighted by atomic mass is 35.5. The van der Waals surface area contributed by atoms with Crippen LogP contribution in [0.3, 0.4) is 0 Å². The molecule has 2 nitrogen and oxygen atoms in total. The fraction of sp³-hybridized carbons (Fsp3) is 0.353. The van der Waals surface area contributed by atoms with E-state index < -0.39 is 0 Å². The number of allylic oxidation sites excluding steroid dienone is 3. The Morgan fingerprint density at radius 1 is 1.24 bits per heavy atom. The molecule has 0 spiro atoms. The smallest absolute Gasteiger partial charge is 0.119 e. The molecule has 0 unspecified atom stereocenters. The van der Waals surface area contributed by atoms with Gasteiger partial charge in [-0.25, -0.2) is 0 Å². The van der Waals surface area contributed by atoms with Gasteiger partial charge in [-0.3, -0.25) is 0 Å². The molecule has 0 fully saturated rings. The molecular formula is C17H22ClNOS. The predicted octanol–water partition coefficient (Wildman–Crippen LogP) is 3.90. The molecule has 0 aliphatic heterocycles. The van der Waals surface area contributed by atoms with E-state index in [1.807, 2.05) is 12.1 Å². The molecule has 0 amide bonds. The molecule has 0 saturated heterocycles. The standard InChI is InChI=1S/C17H21NOS.ClH/c1-19-16-7-4-5-14(13-16)9-11-18-12-10-15-6-2-3-8-17(15)20;/h2-7,13,18H,8-12H2,1H3;1H. The zero-order chi connectivity index (χ0) is 14.2. The fourth-order valence-corrected chi connectivity index (χ4v) is 2.48. The highest BCUT2D eigenvalue weighted by Gasteiger charge is 2.05. The Balaban J connectivity index is 0.00000220. The maximum atomic E-state index is 5.35. The molecule has 21 heavy (non-hydrogen) atoms. The van der Waals surface area contributed by atoms with E-state index in [0.717, 1.165) is 43.0 Å². The molecule has 2 rings (SSSR count). The van der Waals surface area contributed by atoms with Gasteiger partial charge in [-0.2, -0.15) is 0 Å². The molecule has 0 atom stereocenters. The summed E-state index contributed by atoms with van der Waals surface area (Å²) in [5, 5.41) is 3.47. The lowest BCUT2D eigenvalue weighted by Gasteiger charge is -2.11. The molecule has 0 bridgehead atoms. The quantitative estimate of drug-likeness (QED) is 0.607. The Kier molecular flexibility index (Phi) is 8.28. The van der Waals surface area contributed by atoms with Crippen LogP contribution in [0, 0.1) is 0 Å². The topological polar surface area (TPSA) is 21.3 Å². The Labute approximate surface area is 138 Å². The molecule has 0 heterocycles. The van der Waals surface area contributed by atoms with E-state index in [1.165, 1.54) is 11.1 Å². The number of hydrogen-bond donors (Lipinski definition) is 1. The van der Waals surface area contributed by atoms with Crippen LogP contribution in [0.5, 0.6) is 5.75 Å². The molecule has 114 valence electrons. The Morgan fingerprint density at radius 3 is 2.81 bits per heavy atom. The van der Waals surface area contributed by atoms with Gasteiger partial charge in [0.25, 0.3) is 0 Å². The zero-order valence-corrected chi connectivity index (χ0v) is 13.9. The number of ether oxygens (including phenoxy) is 1. The number of hydrogen-bond acceptors (Lipinski definition) is 3. The van der Waals surface area contributed by atoms with Gasteiger partial charge in [0.15, 0.2) is 0 Å². The number of thiocarbonyl (C=S) groups is 1. The van der Waals surface area contributed by atoms with Crippen molar-refractivity contribution in [1.29, 1.82) is 0 Å². The van der Waals surface area contributed by atoms with Crippen LogP contribution in [0.2, 0.25) is 0 Å². The Hall–Kier alpha value is -1.16. The van der Waals surface area contributed by atoms with Gasteiger partial charge >= 0.3 is 0 Å². The minimum atomic E-state index is 0. The lowest BCUT2D eigenvalue weighted by Crippen LogP contribution is -2.20. The molecule has 0 radical (unpaired) electrons. The Morgan fingerprint density at radius 2 is 2.05 bits per heavy atom. The second-order valence-corrected chi connectivity index (χ2v) is 5.34. The first kappa shape index (κ1) is 17.9. The van der Waals surface area contributed by atoms with Crippen molar-refractivity contribution in [3.63, 3.8) is 0 Å². The highest BCUT2D eigenvalue weighted by molar-refractivity contribution is 7.80. The first-order valence-corrected chi connectivity index (χ1v) is 7.43. The summed E-state index contributed by atoms with van der Waals surface area (Å²) in [4.78, 5) is 1.09. The van der Waals surface area contributed by atoms with Gasteiger partial charge in [-0.1, -0.05) is 42.6 Å². The largest absolute Gasteiger partial charge is 0.497 e. The number of methoxy groups -OCH3 is 1. The van der Waals surface area contributed by atoms with Gasteiger partial charge in [0.2, 0.25) is 0 Å². The lowest BCUT2D eigenvalue weighted by atomic mass is 10.0. The summed E-state index contributed by atoms with van der Waals surface area (Å²) >= 11 is 5.35. The minimum Gasteiger partial charge on any atom is -0.497 e. The van der Waals surface area contributed by atoms with Crippen molar-refractivity contribution in [3.8, 4) is 5.75 Å². The first-order chi connectivity index (χ1) is 9.79. The summed E-state index contributed by atoms with van der Waals surface area (Å²) in [6.45, 7) is 1.95. The van der Waals surface area contributed by atoms with Crippen molar-refractivity contribution in [2.45, 2.75) is 19.3 Å². The van der Waals surface area contributed by atoms with Crippen LogP contribution in [0.15, 0.2) is 48.1 Å². The second-order valence-electron chi connectivity index (χ2n) is 4.85. The van der Waals surface area contributed by atoms with Crippen LogP contribution >= 0.6 is 24.6 Å². The number of rotatable bonds is 7. The van der Waals surface area contributed by atoms with Gasteiger partial charge in [-0.15, -0.1) is 12.4 Å². The number of nitrogens with one attached hydrogen (secondary N) is 1. The summed E-state index contributed by atoms with van der Waals surface area (Å²) < 4.78 is 5.22. The van der Waals surface area contributed by atoms with Crippen LogP contribution in [0.4, 0.5) is 0 Å². The summed E-state index contributed by atoms with van der Waals surface area (Å²) in [5.74, 6) is 0.923. The third kappa shape index (κ3) is 6.00. The monoisotopic (exact) mass is 323 g/mol. The van der Waals surface area contributed by atoms with E-state index in [-0.39, 0.29) is 12.4 Å². The zero-order valence-electron chi connectivity index (χ0n) is 12.3. The molecule has 1 aliphatic rings. The third-order valence-electron chi connectivity index (χ3n) is 3.39. The van der Waals surface area contributed by atoms with Crippen LogP contribution in [0.25, 0.3) is 0 Å². The normalized spacial score (nSPS) is 13.6. The first-order valence-electron chi connectivity index (χ1n) is 7.02. The third-order valence-corrected chi connectivity index (χ3v) is 3.82. The van der Waals surface area contributed by atoms with Crippen molar-refractivity contribution in [1.82, 2.24) is 5.32 Å². The van der Waals surface area contributed by atoms with E-state index >= 15 is 0 Å². The second kappa shape index (κ2) is 9.72. The van der Waals surface area contributed by atoms with Crippen molar-refractivity contribution >= 4 is 29.5 Å². The van der Waals surface area contributed by atoms with Crippen LogP contribution in [-0.2, 0) is 6.42 Å². The lowest BCUT2D eigenvalue weighted by molar-refractivity contribution is 0.414. The van der Waals surface area contributed by atoms with Gasteiger partial charge in [0.1, 0.15) is 5.75 Å². The van der Waals surface area contributed by atoms with E-state index in [0.29, 0.717) is 0 Å². The number of halogens is 1. The average Bonchev–Trinajstić information content (AvgIpc) is 2.49. The Bertz CT molecular complexity index is 525. The van der Waals surface area contributed by atoms with Crippen molar-refractivity contribution in [2.75, 3.05) is 20.2 Å². The van der Waals surface area contributed by atoms with Crippen LogP contribution < -0.4 is 10.1 Å². The van der Waals surface area contributed by atoms with Crippen molar-refractivity contribution < 1.29 is 4.74 Å². The molecule has 0 aromatic heterocycles. The molecule has 1 aromatic carbocycles. The molecule has 1 N–H and O–H groups in total. The SMILES string of the molecule is COc1cccc(CCNCCC2=CC=CCC2=S)c1.Cl.